The van der Waals surface area contributed by atoms with Crippen LogP contribution in [0, 0.1) is 0 Å². The van der Waals surface area contributed by atoms with Crippen molar-refractivity contribution >= 4 is 11.0 Å². The van der Waals surface area contributed by atoms with Crippen LogP contribution in [0.2, 0.25) is 0 Å². The lowest BCUT2D eigenvalue weighted by molar-refractivity contribution is -0.347. The molecule has 0 saturated carbocycles. The van der Waals surface area contributed by atoms with Gasteiger partial charge in [0.1, 0.15) is 84.2 Å². The Labute approximate surface area is 287 Å². The maximum absolute atomic E-state index is 13.6. The molecule has 11 N–H and O–H groups in total. The van der Waals surface area contributed by atoms with E-state index in [1.807, 2.05) is 0 Å². The summed E-state index contributed by atoms with van der Waals surface area (Å²) >= 11 is 0. The van der Waals surface area contributed by atoms with Crippen molar-refractivity contribution in [2.45, 2.75) is 86.0 Å². The van der Waals surface area contributed by atoms with Crippen LogP contribution >= 0.6 is 0 Å². The third kappa shape index (κ3) is 7.40. The average molecular weight is 727 g/mol. The maximum atomic E-state index is 13.6. The molecule has 14 atom stereocenters. The lowest BCUT2D eigenvalue weighted by Crippen LogP contribution is -2.63. The van der Waals surface area contributed by atoms with Crippen LogP contribution in [0.4, 0.5) is 0 Å². The Kier molecular flexibility index (Phi) is 11.1. The standard InChI is InChI=1S/C32H38O19/c33-8-16-20(37)23(40)26(43)31(48-16)49-18-10-46-30(25(42)22(18)39)45-9-17-21(38)24(41)27(44)32(50-17)51-29-19(36)14-6-5-13(35)7-15(14)47-28(29)11-1-3-12(34)4-2-11/h1-7,16-18,20-27,30-35,37-44H,8-10H2. The van der Waals surface area contributed by atoms with Gasteiger partial charge in [0.15, 0.2) is 18.3 Å². The van der Waals surface area contributed by atoms with Crippen LogP contribution in [0.3, 0.4) is 0 Å². The fraction of sp³-hybridized carbons (Fsp3) is 0.531. The Morgan fingerprint density at radius 2 is 1.29 bits per heavy atom. The van der Waals surface area contributed by atoms with Gasteiger partial charge in [-0.1, -0.05) is 0 Å². The summed E-state index contributed by atoms with van der Waals surface area (Å²) in [5, 5.41) is 113. The Morgan fingerprint density at radius 3 is 1.98 bits per heavy atom. The molecule has 0 spiro atoms. The second kappa shape index (κ2) is 15.2. The van der Waals surface area contributed by atoms with Crippen molar-refractivity contribution in [2.75, 3.05) is 19.8 Å². The summed E-state index contributed by atoms with van der Waals surface area (Å²) in [5.74, 6) is -0.955. The van der Waals surface area contributed by atoms with Gasteiger partial charge >= 0.3 is 0 Å². The number of ether oxygens (including phenoxy) is 6. The van der Waals surface area contributed by atoms with Gasteiger partial charge in [-0.3, -0.25) is 4.79 Å². The predicted molar refractivity (Wildman–Crippen MR) is 165 cm³/mol. The molecule has 1 aromatic heterocycles. The van der Waals surface area contributed by atoms with Gasteiger partial charge in [-0.25, -0.2) is 0 Å². The van der Waals surface area contributed by atoms with Crippen LogP contribution in [0.25, 0.3) is 22.3 Å². The topological polar surface area (TPSA) is 308 Å². The summed E-state index contributed by atoms with van der Waals surface area (Å²) in [4.78, 5) is 13.6. The van der Waals surface area contributed by atoms with Gasteiger partial charge in [-0.05, 0) is 36.4 Å². The highest BCUT2D eigenvalue weighted by Crippen LogP contribution is 2.35. The van der Waals surface area contributed by atoms with E-state index < -0.39 is 117 Å². The van der Waals surface area contributed by atoms with Gasteiger partial charge in [0.05, 0.1) is 25.2 Å². The van der Waals surface area contributed by atoms with Crippen molar-refractivity contribution in [3.05, 3.63) is 52.7 Å². The molecular formula is C32H38O19. The molecule has 0 aliphatic carbocycles. The number of phenols is 2. The van der Waals surface area contributed by atoms with E-state index in [2.05, 4.69) is 0 Å². The first-order valence-corrected chi connectivity index (χ1v) is 15.8. The largest absolute Gasteiger partial charge is 0.508 e. The minimum atomic E-state index is -1.92. The quantitative estimate of drug-likeness (QED) is 0.101. The predicted octanol–water partition coefficient (Wildman–Crippen LogP) is -3.66. The molecule has 51 heavy (non-hydrogen) atoms. The van der Waals surface area contributed by atoms with Crippen molar-refractivity contribution in [2.24, 2.45) is 0 Å². The van der Waals surface area contributed by atoms with Gasteiger partial charge in [0, 0.05) is 11.6 Å². The van der Waals surface area contributed by atoms with E-state index >= 15 is 0 Å². The van der Waals surface area contributed by atoms with Crippen LogP contribution in [-0.2, 0) is 23.7 Å². The van der Waals surface area contributed by atoms with Crippen molar-refractivity contribution < 1.29 is 89.0 Å². The minimum Gasteiger partial charge on any atom is -0.508 e. The molecule has 0 amide bonds. The highest BCUT2D eigenvalue weighted by Gasteiger charge is 2.49. The van der Waals surface area contributed by atoms with Gasteiger partial charge in [-0.15, -0.1) is 0 Å². The number of fused-ring (bicyclic) bond motifs is 1. The van der Waals surface area contributed by atoms with Crippen LogP contribution in [0.5, 0.6) is 17.2 Å². The third-order valence-corrected chi connectivity index (χ3v) is 8.88. The van der Waals surface area contributed by atoms with Gasteiger partial charge in [0.2, 0.25) is 17.5 Å². The minimum absolute atomic E-state index is 0.0173. The Bertz CT molecular complexity index is 1700. The summed E-state index contributed by atoms with van der Waals surface area (Å²) in [6, 6.07) is 9.16. The fourth-order valence-electron chi connectivity index (χ4n) is 5.92. The van der Waals surface area contributed by atoms with Gasteiger partial charge in [0.25, 0.3) is 0 Å². The number of benzene rings is 2. The van der Waals surface area contributed by atoms with E-state index in [0.29, 0.717) is 0 Å². The van der Waals surface area contributed by atoms with Crippen LogP contribution in [0.15, 0.2) is 51.7 Å². The molecule has 3 aromatic rings. The molecule has 3 aliphatic rings. The van der Waals surface area contributed by atoms with E-state index in [1.54, 1.807) is 0 Å². The number of phenolic OH excluding ortho intramolecular Hbond substituents is 2. The molecule has 3 fully saturated rings. The first-order valence-electron chi connectivity index (χ1n) is 15.8. The van der Waals surface area contributed by atoms with Crippen molar-refractivity contribution in [1.29, 1.82) is 0 Å². The number of aromatic hydroxyl groups is 2. The Morgan fingerprint density at radius 1 is 0.686 bits per heavy atom. The van der Waals surface area contributed by atoms with Gasteiger partial charge < -0.3 is 89.0 Å². The van der Waals surface area contributed by atoms with E-state index in [-0.39, 0.29) is 33.8 Å². The maximum Gasteiger partial charge on any atom is 0.235 e. The highest BCUT2D eigenvalue weighted by molar-refractivity contribution is 5.83. The molecule has 19 nitrogen and oxygen atoms in total. The SMILES string of the molecule is O=c1c(OC2OC(COC3OCC(OC4OC(CO)C(O)C(O)C4O)C(O)C3O)C(O)C(O)C2O)c(-c2ccc(O)cc2)oc2cc(O)ccc12. The molecule has 3 aliphatic heterocycles. The molecular weight excluding hydrogens is 688 g/mol. The first kappa shape index (κ1) is 37.3. The molecule has 280 valence electrons. The van der Waals surface area contributed by atoms with E-state index in [0.717, 1.165) is 0 Å². The van der Waals surface area contributed by atoms with E-state index in [1.165, 1.54) is 42.5 Å². The second-order valence-corrected chi connectivity index (χ2v) is 12.3. The molecule has 14 unspecified atom stereocenters. The van der Waals surface area contributed by atoms with E-state index in [9.17, 15) is 61.0 Å². The lowest BCUT2D eigenvalue weighted by Gasteiger charge is -2.44. The van der Waals surface area contributed by atoms with Crippen LogP contribution < -0.4 is 10.2 Å². The molecule has 0 radical (unpaired) electrons. The zero-order valence-electron chi connectivity index (χ0n) is 26.4. The third-order valence-electron chi connectivity index (χ3n) is 8.88. The summed E-state index contributed by atoms with van der Waals surface area (Å²) < 4.78 is 39.2. The Hall–Kier alpha value is -3.51. The highest BCUT2D eigenvalue weighted by atomic mass is 16.7. The smallest absolute Gasteiger partial charge is 0.235 e. The van der Waals surface area contributed by atoms with Crippen LogP contribution in [-0.4, -0.2) is 162 Å². The summed E-state index contributed by atoms with van der Waals surface area (Å²) in [6.07, 6.45) is -23.5. The summed E-state index contributed by atoms with van der Waals surface area (Å²) in [5.41, 5.74) is -0.528. The monoisotopic (exact) mass is 726 g/mol. The zero-order chi connectivity index (χ0) is 36.7. The average Bonchev–Trinajstić information content (AvgIpc) is 3.11. The number of hydrogen-bond acceptors (Lipinski definition) is 19. The van der Waals surface area contributed by atoms with Crippen molar-refractivity contribution in [3.8, 4) is 28.6 Å². The lowest BCUT2D eigenvalue weighted by atomic mass is 9.98. The molecule has 2 aromatic carbocycles. The zero-order valence-corrected chi connectivity index (χ0v) is 26.4. The second-order valence-electron chi connectivity index (χ2n) is 12.3. The molecule has 6 rings (SSSR count). The molecule has 3 saturated heterocycles. The Balaban J connectivity index is 1.15. The first-order chi connectivity index (χ1) is 24.3. The summed E-state index contributed by atoms with van der Waals surface area (Å²) in [7, 11) is 0. The fourth-order valence-corrected chi connectivity index (χ4v) is 5.92. The van der Waals surface area contributed by atoms with Crippen molar-refractivity contribution in [3.63, 3.8) is 0 Å². The molecule has 4 heterocycles. The van der Waals surface area contributed by atoms with Crippen LogP contribution in [0.1, 0.15) is 0 Å². The number of rotatable bonds is 9. The van der Waals surface area contributed by atoms with E-state index in [4.69, 9.17) is 32.8 Å². The number of aliphatic hydroxyl groups is 9. The summed E-state index contributed by atoms with van der Waals surface area (Å²) in [6.45, 7) is -1.82. The number of aliphatic hydroxyl groups excluding tert-OH is 9. The molecule has 19 heteroatoms. The normalized spacial score (nSPS) is 37.4. The number of hydrogen-bond donors (Lipinski definition) is 11. The van der Waals surface area contributed by atoms with Crippen molar-refractivity contribution in [1.82, 2.24) is 0 Å². The molecule has 0 bridgehead atoms. The van der Waals surface area contributed by atoms with Gasteiger partial charge in [-0.2, -0.15) is 0 Å².